The van der Waals surface area contributed by atoms with E-state index in [1.807, 2.05) is 0 Å². The molecule has 0 saturated carbocycles. The summed E-state index contributed by atoms with van der Waals surface area (Å²) in [5.41, 5.74) is 6.64. The summed E-state index contributed by atoms with van der Waals surface area (Å²) in [6, 6.07) is 2.99. The van der Waals surface area contributed by atoms with Crippen molar-refractivity contribution in [2.45, 2.75) is 6.42 Å². The summed E-state index contributed by atoms with van der Waals surface area (Å²) in [5.74, 6) is -1.74. The molecule has 3 aromatic rings. The number of hydrogen-bond acceptors (Lipinski definition) is 7. The minimum atomic E-state index is -0.557. The van der Waals surface area contributed by atoms with E-state index >= 15 is 0 Å². The van der Waals surface area contributed by atoms with Crippen molar-refractivity contribution in [1.82, 2.24) is 24.0 Å². The van der Waals surface area contributed by atoms with E-state index in [4.69, 9.17) is 10.9 Å². The van der Waals surface area contributed by atoms with Gasteiger partial charge in [0.05, 0.1) is 15.9 Å². The van der Waals surface area contributed by atoms with Crippen LogP contribution in [0.3, 0.4) is 0 Å². The number of amides is 4. The number of rotatable bonds is 10. The van der Waals surface area contributed by atoms with Gasteiger partial charge in [-0.05, 0) is 28.1 Å². The van der Waals surface area contributed by atoms with Crippen LogP contribution >= 0.6 is 15.9 Å². The van der Waals surface area contributed by atoms with E-state index in [0.717, 1.165) is 0 Å². The number of anilines is 3. The van der Waals surface area contributed by atoms with Gasteiger partial charge >= 0.3 is 0 Å². The maximum absolute atomic E-state index is 12.9. The first-order valence-corrected chi connectivity index (χ1v) is 12.1. The second-order valence-electron chi connectivity index (χ2n) is 8.38. The van der Waals surface area contributed by atoms with Crippen LogP contribution in [0.15, 0.2) is 46.9 Å². The minimum absolute atomic E-state index is 0.0108. The summed E-state index contributed by atoms with van der Waals surface area (Å²) < 4.78 is 4.62. The van der Waals surface area contributed by atoms with E-state index < -0.39 is 23.6 Å². The van der Waals surface area contributed by atoms with Gasteiger partial charge < -0.3 is 45.9 Å². The molecule has 15 nitrogen and oxygen atoms in total. The monoisotopic (exact) mass is 602 g/mol. The zero-order valence-electron chi connectivity index (χ0n) is 21.3. The van der Waals surface area contributed by atoms with Gasteiger partial charge in [0, 0.05) is 52.7 Å². The molecule has 4 amide bonds. The van der Waals surface area contributed by atoms with Gasteiger partial charge in [0.1, 0.15) is 17.2 Å². The Labute approximate surface area is 230 Å². The quantitative estimate of drug-likeness (QED) is 0.0659. The van der Waals surface area contributed by atoms with Crippen LogP contribution in [0.5, 0.6) is 0 Å². The fourth-order valence-corrected chi connectivity index (χ4v) is 3.56. The fourth-order valence-electron chi connectivity index (χ4n) is 3.47. The van der Waals surface area contributed by atoms with E-state index in [1.54, 1.807) is 38.1 Å². The molecule has 3 rings (SSSR count). The number of imidazole rings is 1. The molecule has 0 spiro atoms. The number of nitrogens with zero attached hydrogens (tertiary/aromatic N) is 5. The smallest absolute Gasteiger partial charge is 0.291 e. The standard InChI is InChI=1S/C23H27BrN10O5/c1-12(24)20(35)30-18-11-34(4)19(29-18)23(38)28-14-8-16(33(3)10-14)22(37)27-13-7-15(32(2)9-13)21(36)26-6-5-17(25)31-39/h7-11,39H,1,5-6H2,2-4H3,(H2,25,31)(H,26,36)(H,27,37)(H,28,38)(H,30,35). The molecule has 0 aliphatic heterocycles. The zero-order valence-corrected chi connectivity index (χ0v) is 22.9. The Bertz CT molecular complexity index is 1480. The normalized spacial score (nSPS) is 11.1. The zero-order chi connectivity index (χ0) is 28.9. The number of aryl methyl sites for hydroxylation is 3. The van der Waals surface area contributed by atoms with Gasteiger partial charge in [-0.2, -0.15) is 0 Å². The van der Waals surface area contributed by atoms with Crippen LogP contribution in [0, 0.1) is 0 Å². The molecule has 0 atom stereocenters. The van der Waals surface area contributed by atoms with E-state index in [1.165, 1.54) is 27.5 Å². The molecule has 0 aromatic carbocycles. The molecule has 0 fully saturated rings. The summed E-state index contributed by atoms with van der Waals surface area (Å²) in [5, 5.41) is 22.0. The molecular weight excluding hydrogens is 576 g/mol. The highest BCUT2D eigenvalue weighted by molar-refractivity contribution is 9.12. The van der Waals surface area contributed by atoms with E-state index in [2.05, 4.69) is 53.9 Å². The molecule has 3 heterocycles. The second kappa shape index (κ2) is 12.1. The van der Waals surface area contributed by atoms with Crippen molar-refractivity contribution < 1.29 is 24.4 Å². The first kappa shape index (κ1) is 28.7. The molecule has 206 valence electrons. The molecule has 0 aliphatic carbocycles. The van der Waals surface area contributed by atoms with Gasteiger partial charge in [-0.25, -0.2) is 4.98 Å². The number of nitrogens with two attached hydrogens (primary N) is 1. The van der Waals surface area contributed by atoms with Crippen molar-refractivity contribution in [1.29, 1.82) is 0 Å². The highest BCUT2D eigenvalue weighted by atomic mass is 79.9. The fraction of sp³-hybridized carbons (Fsp3) is 0.217. The Morgan fingerprint density at radius 3 is 2.08 bits per heavy atom. The third-order valence-corrected chi connectivity index (χ3v) is 5.71. The Morgan fingerprint density at radius 1 is 0.949 bits per heavy atom. The molecule has 0 unspecified atom stereocenters. The lowest BCUT2D eigenvalue weighted by molar-refractivity contribution is -0.112. The molecule has 0 aliphatic rings. The average molecular weight is 603 g/mol. The number of carbonyl (C=O) groups is 4. The van der Waals surface area contributed by atoms with Gasteiger partial charge in [0.25, 0.3) is 23.6 Å². The van der Waals surface area contributed by atoms with Gasteiger partial charge in [-0.1, -0.05) is 11.7 Å². The topological polar surface area (TPSA) is 203 Å². The van der Waals surface area contributed by atoms with Gasteiger partial charge in [-0.15, -0.1) is 0 Å². The molecule has 39 heavy (non-hydrogen) atoms. The van der Waals surface area contributed by atoms with Gasteiger partial charge in [0.2, 0.25) is 5.82 Å². The molecule has 0 saturated heterocycles. The number of carbonyl (C=O) groups excluding carboxylic acids is 4. The van der Waals surface area contributed by atoms with Crippen molar-refractivity contribution in [2.24, 2.45) is 32.0 Å². The summed E-state index contributed by atoms with van der Waals surface area (Å²) in [6.07, 6.45) is 4.77. The maximum Gasteiger partial charge on any atom is 0.291 e. The molecular formula is C23H27BrN10O5. The molecule has 0 bridgehead atoms. The van der Waals surface area contributed by atoms with Gasteiger partial charge in [-0.3, -0.25) is 19.2 Å². The number of halogens is 1. The summed E-state index contributed by atoms with van der Waals surface area (Å²) in [4.78, 5) is 54.0. The SMILES string of the molecule is C=C(Br)C(=O)Nc1cn(C)c(C(=O)Nc2cc(C(=O)Nc3cc(C(=O)NCCC(N)=NO)n(C)c3)n(C)c2)n1. The highest BCUT2D eigenvalue weighted by Crippen LogP contribution is 2.19. The Morgan fingerprint density at radius 2 is 1.51 bits per heavy atom. The van der Waals surface area contributed by atoms with Crippen molar-refractivity contribution >= 4 is 62.6 Å². The van der Waals surface area contributed by atoms with E-state index in [-0.39, 0.29) is 46.3 Å². The van der Waals surface area contributed by atoms with Crippen molar-refractivity contribution in [2.75, 3.05) is 22.5 Å². The predicted octanol–water partition coefficient (Wildman–Crippen LogP) is 1.32. The first-order valence-electron chi connectivity index (χ1n) is 11.3. The lowest BCUT2D eigenvalue weighted by atomic mass is 10.3. The third kappa shape index (κ3) is 7.13. The Balaban J connectivity index is 1.65. The number of aromatic nitrogens is 4. The second-order valence-corrected chi connectivity index (χ2v) is 9.33. The summed E-state index contributed by atoms with van der Waals surface area (Å²) in [6.45, 7) is 3.64. The minimum Gasteiger partial charge on any atom is -0.409 e. The average Bonchev–Trinajstić information content (AvgIpc) is 3.54. The van der Waals surface area contributed by atoms with Crippen LogP contribution in [-0.2, 0) is 25.9 Å². The van der Waals surface area contributed by atoms with Crippen LogP contribution in [-0.4, -0.2) is 59.9 Å². The maximum atomic E-state index is 12.9. The van der Waals surface area contributed by atoms with Crippen LogP contribution in [0.25, 0.3) is 0 Å². The van der Waals surface area contributed by atoms with Crippen LogP contribution in [0.4, 0.5) is 17.2 Å². The summed E-state index contributed by atoms with van der Waals surface area (Å²) >= 11 is 2.98. The molecule has 16 heteroatoms. The van der Waals surface area contributed by atoms with Crippen molar-refractivity contribution in [3.8, 4) is 0 Å². The lowest BCUT2D eigenvalue weighted by Crippen LogP contribution is -2.29. The van der Waals surface area contributed by atoms with Gasteiger partial charge in [0.15, 0.2) is 5.82 Å². The van der Waals surface area contributed by atoms with Crippen LogP contribution in [0.2, 0.25) is 0 Å². The van der Waals surface area contributed by atoms with Crippen LogP contribution in [0.1, 0.15) is 38.0 Å². The third-order valence-electron chi connectivity index (χ3n) is 5.35. The molecule has 3 aromatic heterocycles. The number of amidine groups is 1. The molecule has 7 N–H and O–H groups in total. The predicted molar refractivity (Wildman–Crippen MR) is 147 cm³/mol. The summed E-state index contributed by atoms with van der Waals surface area (Å²) in [7, 11) is 4.88. The van der Waals surface area contributed by atoms with Crippen molar-refractivity contribution in [3.63, 3.8) is 0 Å². The largest absolute Gasteiger partial charge is 0.409 e. The number of hydrogen-bond donors (Lipinski definition) is 6. The first-order chi connectivity index (χ1) is 18.4. The van der Waals surface area contributed by atoms with Crippen LogP contribution < -0.4 is 27.0 Å². The lowest BCUT2D eigenvalue weighted by Gasteiger charge is -2.04. The van der Waals surface area contributed by atoms with E-state index in [0.29, 0.717) is 11.4 Å². The highest BCUT2D eigenvalue weighted by Gasteiger charge is 2.19. The van der Waals surface area contributed by atoms with E-state index in [9.17, 15) is 19.2 Å². The molecule has 0 radical (unpaired) electrons. The number of oxime groups is 1. The van der Waals surface area contributed by atoms with Crippen molar-refractivity contribution in [3.05, 3.63) is 59.0 Å². The Kier molecular flexibility index (Phi) is 8.92. The Hall–Kier alpha value is -4.86. The number of nitrogens with one attached hydrogen (secondary N) is 4.